The van der Waals surface area contributed by atoms with Crippen LogP contribution in [0.4, 0.5) is 0 Å². The molecule has 0 unspecified atom stereocenters. The van der Waals surface area contributed by atoms with Crippen molar-refractivity contribution in [3.8, 4) is 0 Å². The van der Waals surface area contributed by atoms with Crippen molar-refractivity contribution < 1.29 is 69.0 Å². The number of carbonyl (C=O) groups excluding carboxylic acids is 1. The van der Waals surface area contributed by atoms with E-state index in [1.807, 2.05) is 6.92 Å². The lowest BCUT2D eigenvalue weighted by Crippen LogP contribution is -2.61. The Hall–Kier alpha value is -0.850. The van der Waals surface area contributed by atoms with Gasteiger partial charge in [0, 0.05) is 32.3 Å². The molecule has 14 nitrogen and oxygen atoms in total. The minimum Gasteiger partial charge on any atom is -0.394 e. The zero-order chi connectivity index (χ0) is 38.2. The van der Waals surface area contributed by atoms with E-state index in [-0.39, 0.29) is 65.7 Å². The molecule has 4 aliphatic carbocycles. The SMILES string of the molecule is CO[C@]1(CC[C@@H](C)CO[C@@H]2O[C@H](CO)[C@@H](O)[C@@H](O)[C@H]2O)O[C@H]2C[C@H]3[C@@H]4C[C@H](O[C@@H]5OC[C@@H](O)[C@H](O)[C@H]5O)[C@H]5CC(=O)CC[C@]5(C)[C@H]4CC[C@]3(C)[C@H]2[C@@H]1C. The van der Waals surface area contributed by atoms with Crippen molar-refractivity contribution >= 4 is 5.78 Å². The lowest BCUT2D eigenvalue weighted by Gasteiger charge is -2.62. The molecule has 21 atom stereocenters. The third-order valence-corrected chi connectivity index (χ3v) is 15.6. The number of ketones is 1. The molecule has 0 radical (unpaired) electrons. The molecule has 7 N–H and O–H groups in total. The van der Waals surface area contributed by atoms with Gasteiger partial charge < -0.3 is 64.2 Å². The Labute approximate surface area is 312 Å². The molecule has 7 fully saturated rings. The molecule has 4 saturated carbocycles. The molecule has 0 bridgehead atoms. The van der Waals surface area contributed by atoms with Gasteiger partial charge in [-0.15, -0.1) is 0 Å². The van der Waals surface area contributed by atoms with E-state index in [0.29, 0.717) is 43.4 Å². The first-order valence-corrected chi connectivity index (χ1v) is 20.1. The summed E-state index contributed by atoms with van der Waals surface area (Å²) in [6.07, 6.45) is -5.01. The van der Waals surface area contributed by atoms with Crippen LogP contribution in [-0.4, -0.2) is 142 Å². The van der Waals surface area contributed by atoms with Gasteiger partial charge in [0.25, 0.3) is 0 Å². The van der Waals surface area contributed by atoms with Crippen LogP contribution in [0.25, 0.3) is 0 Å². The molecule has 304 valence electrons. The molecule has 3 saturated heterocycles. The number of methoxy groups -OCH3 is 1. The number of aliphatic hydroxyl groups excluding tert-OH is 7. The Kier molecular flexibility index (Phi) is 11.5. The number of aliphatic hydroxyl groups is 7. The number of hydrogen-bond acceptors (Lipinski definition) is 14. The second-order valence-corrected chi connectivity index (χ2v) is 18.3. The fourth-order valence-corrected chi connectivity index (χ4v) is 12.6. The molecule has 0 aromatic carbocycles. The summed E-state index contributed by atoms with van der Waals surface area (Å²) in [5.74, 6) is 0.954. The highest BCUT2D eigenvalue weighted by Gasteiger charge is 2.69. The standard InChI is InChI=1S/C39H64O14/c1-18(16-49-36-34(47)32(45)31(44)28(15-40)52-36)6-11-39(48-5)19(2)29-27(53-39)14-23-21-13-26(51-35-33(46)30(43)25(42)17-50-35)24-12-20(41)7-9-37(24,3)22(21)8-10-38(23,29)4/h18-19,21-36,40,42-47H,6-17H2,1-5H3/t18-,19+,21-,22+,23+,24-,25-,26+,27+,28-,29+,30+,31-,32-,33-,34-,35+,36-,37-,38+,39-/m1/s1. The normalized spacial score (nSPS) is 54.5. The summed E-state index contributed by atoms with van der Waals surface area (Å²) in [6.45, 7) is 8.63. The van der Waals surface area contributed by atoms with Crippen LogP contribution in [0.3, 0.4) is 0 Å². The Morgan fingerprint density at radius 3 is 2.36 bits per heavy atom. The van der Waals surface area contributed by atoms with Crippen LogP contribution in [0.5, 0.6) is 0 Å². The van der Waals surface area contributed by atoms with Crippen molar-refractivity contribution in [2.75, 3.05) is 26.9 Å². The molecule has 0 spiro atoms. The van der Waals surface area contributed by atoms with E-state index >= 15 is 0 Å². The Morgan fingerprint density at radius 2 is 1.64 bits per heavy atom. The summed E-state index contributed by atoms with van der Waals surface area (Å²) in [5, 5.41) is 71.4. The zero-order valence-electron chi connectivity index (χ0n) is 31.9. The monoisotopic (exact) mass is 756 g/mol. The molecule has 0 aromatic rings. The minimum absolute atomic E-state index is 0.0112. The maximum absolute atomic E-state index is 12.9. The van der Waals surface area contributed by atoms with Crippen LogP contribution in [0, 0.1) is 52.3 Å². The summed E-state index contributed by atoms with van der Waals surface area (Å²) in [6, 6.07) is 0. The van der Waals surface area contributed by atoms with E-state index in [1.165, 1.54) is 0 Å². The van der Waals surface area contributed by atoms with Crippen molar-refractivity contribution in [1.82, 2.24) is 0 Å². The molecule has 3 heterocycles. The van der Waals surface area contributed by atoms with E-state index in [1.54, 1.807) is 7.11 Å². The molecule has 14 heteroatoms. The number of fused-ring (bicyclic) bond motifs is 7. The summed E-state index contributed by atoms with van der Waals surface area (Å²) in [5.41, 5.74) is -0.127. The number of Topliss-reactive ketones (excluding diaryl/α,β-unsaturated/α-hetero) is 1. The third-order valence-electron chi connectivity index (χ3n) is 15.6. The van der Waals surface area contributed by atoms with Crippen LogP contribution in [0.15, 0.2) is 0 Å². The van der Waals surface area contributed by atoms with Crippen LogP contribution in [0.2, 0.25) is 0 Å². The fraction of sp³-hybridized carbons (Fsp3) is 0.974. The molecule has 0 aromatic heterocycles. The summed E-state index contributed by atoms with van der Waals surface area (Å²) >= 11 is 0. The Bertz CT molecular complexity index is 1300. The van der Waals surface area contributed by atoms with Crippen LogP contribution >= 0.6 is 0 Å². The van der Waals surface area contributed by atoms with Crippen LogP contribution < -0.4 is 0 Å². The molecule has 7 rings (SSSR count). The highest BCUT2D eigenvalue weighted by molar-refractivity contribution is 5.79. The lowest BCUT2D eigenvalue weighted by atomic mass is 9.43. The molecule has 3 aliphatic heterocycles. The van der Waals surface area contributed by atoms with Gasteiger partial charge in [-0.25, -0.2) is 0 Å². The average Bonchev–Trinajstić information content (AvgIpc) is 3.59. The maximum Gasteiger partial charge on any atom is 0.186 e. The summed E-state index contributed by atoms with van der Waals surface area (Å²) in [4.78, 5) is 12.9. The van der Waals surface area contributed by atoms with Crippen molar-refractivity contribution in [2.45, 2.75) is 159 Å². The number of hydrogen-bond donors (Lipinski definition) is 7. The third kappa shape index (κ3) is 6.76. The van der Waals surface area contributed by atoms with Crippen LogP contribution in [0.1, 0.15) is 85.5 Å². The second-order valence-electron chi connectivity index (χ2n) is 18.3. The largest absolute Gasteiger partial charge is 0.394 e. The Balaban J connectivity index is 1.03. The van der Waals surface area contributed by atoms with Crippen molar-refractivity contribution in [3.05, 3.63) is 0 Å². The first kappa shape index (κ1) is 40.4. The van der Waals surface area contributed by atoms with Crippen molar-refractivity contribution in [2.24, 2.45) is 52.3 Å². The maximum atomic E-state index is 12.9. The van der Waals surface area contributed by atoms with Gasteiger partial charge >= 0.3 is 0 Å². The summed E-state index contributed by atoms with van der Waals surface area (Å²) < 4.78 is 37.0. The number of carbonyl (C=O) groups is 1. The molecule has 7 aliphatic rings. The highest BCUT2D eigenvalue weighted by atomic mass is 16.7. The zero-order valence-corrected chi connectivity index (χ0v) is 31.9. The van der Waals surface area contributed by atoms with Gasteiger partial charge in [-0.3, -0.25) is 4.79 Å². The molecular weight excluding hydrogens is 692 g/mol. The van der Waals surface area contributed by atoms with Gasteiger partial charge in [0.05, 0.1) is 32.0 Å². The van der Waals surface area contributed by atoms with Crippen molar-refractivity contribution in [1.29, 1.82) is 0 Å². The number of rotatable bonds is 10. The second kappa shape index (κ2) is 15.1. The van der Waals surface area contributed by atoms with E-state index in [0.717, 1.165) is 32.1 Å². The van der Waals surface area contributed by atoms with Crippen LogP contribution in [-0.2, 0) is 33.2 Å². The molecule has 0 amide bonds. The Morgan fingerprint density at radius 1 is 0.906 bits per heavy atom. The van der Waals surface area contributed by atoms with E-state index in [9.17, 15) is 40.5 Å². The molecular formula is C39H64O14. The summed E-state index contributed by atoms with van der Waals surface area (Å²) in [7, 11) is 1.72. The van der Waals surface area contributed by atoms with Gasteiger partial charge in [-0.05, 0) is 84.9 Å². The molecule has 53 heavy (non-hydrogen) atoms. The predicted molar refractivity (Wildman–Crippen MR) is 186 cm³/mol. The van der Waals surface area contributed by atoms with Gasteiger partial charge in [-0.2, -0.15) is 0 Å². The smallest absolute Gasteiger partial charge is 0.186 e. The number of ether oxygens (including phenoxy) is 6. The quantitative estimate of drug-likeness (QED) is 0.154. The minimum atomic E-state index is -1.49. The van der Waals surface area contributed by atoms with Gasteiger partial charge in [0.15, 0.2) is 18.4 Å². The highest BCUT2D eigenvalue weighted by Crippen LogP contribution is 2.71. The van der Waals surface area contributed by atoms with Gasteiger partial charge in [-0.1, -0.05) is 27.7 Å². The van der Waals surface area contributed by atoms with Gasteiger partial charge in [0.1, 0.15) is 48.5 Å². The van der Waals surface area contributed by atoms with E-state index < -0.39 is 67.7 Å². The average molecular weight is 757 g/mol. The van der Waals surface area contributed by atoms with E-state index in [2.05, 4.69) is 20.8 Å². The predicted octanol–water partition coefficient (Wildman–Crippen LogP) is 0.869. The first-order chi connectivity index (χ1) is 25.1. The lowest BCUT2D eigenvalue weighted by molar-refractivity contribution is -0.303. The van der Waals surface area contributed by atoms with Gasteiger partial charge in [0.2, 0.25) is 0 Å². The van der Waals surface area contributed by atoms with Crippen molar-refractivity contribution in [3.63, 3.8) is 0 Å². The first-order valence-electron chi connectivity index (χ1n) is 20.1. The topological polar surface area (TPSA) is 214 Å². The fourth-order valence-electron chi connectivity index (χ4n) is 12.6. The van der Waals surface area contributed by atoms with E-state index in [4.69, 9.17) is 28.4 Å².